The Balaban J connectivity index is 1.74. The lowest BCUT2D eigenvalue weighted by atomic mass is 10.0. The van der Waals surface area contributed by atoms with E-state index in [0.29, 0.717) is 12.0 Å². The average Bonchev–Trinajstić information content (AvgIpc) is 2.80. The van der Waals surface area contributed by atoms with Gasteiger partial charge < -0.3 is 15.2 Å². The van der Waals surface area contributed by atoms with Crippen LogP contribution in [0.1, 0.15) is 16.1 Å². The molecule has 0 bridgehead atoms. The molecule has 27 heavy (non-hydrogen) atoms. The van der Waals surface area contributed by atoms with Gasteiger partial charge in [-0.05, 0) is 24.3 Å². The lowest BCUT2D eigenvalue weighted by Crippen LogP contribution is -2.24. The fraction of sp³-hybridized carbons (Fsp3) is 0.200. The number of nitrogens with zero attached hydrogens (tertiary/aromatic N) is 1. The van der Waals surface area contributed by atoms with Crippen molar-refractivity contribution in [2.75, 3.05) is 18.4 Å². The van der Waals surface area contributed by atoms with Crippen LogP contribution in [-0.2, 0) is 17.8 Å². The van der Waals surface area contributed by atoms with Crippen molar-refractivity contribution in [3.05, 3.63) is 64.6 Å². The third kappa shape index (κ3) is 3.22. The molecule has 2 N–H and O–H groups in total. The van der Waals surface area contributed by atoms with E-state index in [9.17, 15) is 14.0 Å². The van der Waals surface area contributed by atoms with Gasteiger partial charge in [0.2, 0.25) is 0 Å². The lowest BCUT2D eigenvalue weighted by Gasteiger charge is -2.08. The molecule has 138 valence electrons. The SMILES string of the molecule is O=C(Nc1ccc(Cl)cc1F)C(=O)c1c2n(c3ccccc13)CCNCC2. The molecule has 1 aliphatic heterocycles. The van der Waals surface area contributed by atoms with Gasteiger partial charge in [-0.25, -0.2) is 4.39 Å². The van der Waals surface area contributed by atoms with Crippen LogP contribution in [0.2, 0.25) is 5.02 Å². The molecule has 2 heterocycles. The minimum Gasteiger partial charge on any atom is -0.343 e. The third-order valence-corrected chi connectivity index (χ3v) is 4.98. The molecule has 4 rings (SSSR count). The van der Waals surface area contributed by atoms with Crippen LogP contribution in [0, 0.1) is 5.82 Å². The van der Waals surface area contributed by atoms with E-state index in [4.69, 9.17) is 11.6 Å². The normalized spacial score (nSPS) is 13.9. The van der Waals surface area contributed by atoms with Crippen LogP contribution in [0.4, 0.5) is 10.1 Å². The molecule has 0 aliphatic carbocycles. The molecule has 0 fully saturated rings. The largest absolute Gasteiger partial charge is 0.343 e. The number of carbonyl (C=O) groups is 2. The molecular weight excluding hydrogens is 369 g/mol. The summed E-state index contributed by atoms with van der Waals surface area (Å²) in [5.41, 5.74) is 2.07. The zero-order chi connectivity index (χ0) is 19.0. The monoisotopic (exact) mass is 385 g/mol. The van der Waals surface area contributed by atoms with Gasteiger partial charge in [-0.15, -0.1) is 0 Å². The number of para-hydroxylation sites is 1. The van der Waals surface area contributed by atoms with Crippen LogP contribution in [-0.4, -0.2) is 29.3 Å². The molecule has 0 saturated heterocycles. The Bertz CT molecular complexity index is 1060. The number of Topliss-reactive ketones (excluding diaryl/α,β-unsaturated/α-hetero) is 1. The minimum absolute atomic E-state index is 0.0750. The van der Waals surface area contributed by atoms with Crippen LogP contribution in [0.15, 0.2) is 42.5 Å². The summed E-state index contributed by atoms with van der Waals surface area (Å²) in [6.07, 6.45) is 0.637. The molecule has 1 aliphatic rings. The van der Waals surface area contributed by atoms with E-state index in [-0.39, 0.29) is 10.7 Å². The Hall–Kier alpha value is -2.70. The van der Waals surface area contributed by atoms with E-state index in [0.717, 1.165) is 42.3 Å². The number of halogens is 2. The number of nitrogens with one attached hydrogen (secondary N) is 2. The minimum atomic E-state index is -0.868. The number of carbonyl (C=O) groups excluding carboxylic acids is 2. The van der Waals surface area contributed by atoms with Crippen LogP contribution in [0.3, 0.4) is 0 Å². The molecule has 1 aromatic heterocycles. The highest BCUT2D eigenvalue weighted by Crippen LogP contribution is 2.28. The van der Waals surface area contributed by atoms with Crippen LogP contribution in [0.5, 0.6) is 0 Å². The van der Waals surface area contributed by atoms with Crippen molar-refractivity contribution in [1.82, 2.24) is 9.88 Å². The highest BCUT2D eigenvalue weighted by atomic mass is 35.5. The molecule has 0 spiro atoms. The zero-order valence-electron chi connectivity index (χ0n) is 14.4. The molecule has 7 heteroatoms. The summed E-state index contributed by atoms with van der Waals surface area (Å²) >= 11 is 5.73. The Labute approximate surface area is 160 Å². The van der Waals surface area contributed by atoms with Crippen molar-refractivity contribution in [1.29, 1.82) is 0 Å². The number of ketones is 1. The number of rotatable bonds is 3. The number of hydrogen-bond donors (Lipinski definition) is 2. The van der Waals surface area contributed by atoms with E-state index < -0.39 is 17.5 Å². The van der Waals surface area contributed by atoms with Crippen LogP contribution < -0.4 is 10.6 Å². The molecule has 5 nitrogen and oxygen atoms in total. The molecule has 1 amide bonds. The molecule has 0 radical (unpaired) electrons. The van der Waals surface area contributed by atoms with Crippen molar-refractivity contribution >= 4 is 39.9 Å². The van der Waals surface area contributed by atoms with Crippen molar-refractivity contribution in [3.63, 3.8) is 0 Å². The van der Waals surface area contributed by atoms with Gasteiger partial charge in [0.25, 0.3) is 11.7 Å². The summed E-state index contributed by atoms with van der Waals surface area (Å²) in [5, 5.41) is 6.62. The molecule has 2 aromatic carbocycles. The number of amides is 1. The van der Waals surface area contributed by atoms with E-state index in [1.807, 2.05) is 24.3 Å². The summed E-state index contributed by atoms with van der Waals surface area (Å²) < 4.78 is 16.1. The maximum absolute atomic E-state index is 14.0. The maximum Gasteiger partial charge on any atom is 0.296 e. The predicted octanol–water partition coefficient (Wildman–Crippen LogP) is 3.40. The van der Waals surface area contributed by atoms with Gasteiger partial charge in [0.1, 0.15) is 5.82 Å². The average molecular weight is 386 g/mol. The molecule has 0 unspecified atom stereocenters. The standard InChI is InChI=1S/C20H17ClFN3O2/c21-12-5-6-15(14(22)11-12)24-20(27)19(26)18-13-3-1-2-4-16(13)25-10-9-23-8-7-17(18)25/h1-6,11,23H,7-10H2,(H,24,27). The lowest BCUT2D eigenvalue weighted by molar-refractivity contribution is -0.112. The topological polar surface area (TPSA) is 63.1 Å². The quantitative estimate of drug-likeness (QED) is 0.536. The highest BCUT2D eigenvalue weighted by Gasteiger charge is 2.27. The van der Waals surface area contributed by atoms with Crippen LogP contribution in [0.25, 0.3) is 10.9 Å². The first kappa shape index (κ1) is 17.7. The number of aromatic nitrogens is 1. The van der Waals surface area contributed by atoms with Gasteiger partial charge in [0, 0.05) is 47.7 Å². The van der Waals surface area contributed by atoms with Crippen molar-refractivity contribution in [2.45, 2.75) is 13.0 Å². The summed E-state index contributed by atoms with van der Waals surface area (Å²) in [5.74, 6) is -2.22. The third-order valence-electron chi connectivity index (χ3n) is 4.74. The first-order valence-corrected chi connectivity index (χ1v) is 9.05. The summed E-state index contributed by atoms with van der Waals surface area (Å²) in [4.78, 5) is 25.6. The number of benzene rings is 2. The van der Waals surface area contributed by atoms with E-state index in [2.05, 4.69) is 15.2 Å². The zero-order valence-corrected chi connectivity index (χ0v) is 15.1. The van der Waals surface area contributed by atoms with Crippen molar-refractivity contribution in [2.24, 2.45) is 0 Å². The fourth-order valence-corrected chi connectivity index (χ4v) is 3.69. The van der Waals surface area contributed by atoms with Gasteiger partial charge in [-0.2, -0.15) is 0 Å². The Morgan fingerprint density at radius 1 is 1.15 bits per heavy atom. The smallest absolute Gasteiger partial charge is 0.296 e. The van der Waals surface area contributed by atoms with Gasteiger partial charge in [-0.3, -0.25) is 9.59 Å². The van der Waals surface area contributed by atoms with E-state index in [1.54, 1.807) is 0 Å². The molecular formula is C20H17ClFN3O2. The second-order valence-electron chi connectivity index (χ2n) is 6.40. The number of anilines is 1. The van der Waals surface area contributed by atoms with E-state index >= 15 is 0 Å². The van der Waals surface area contributed by atoms with Crippen LogP contribution >= 0.6 is 11.6 Å². The number of hydrogen-bond acceptors (Lipinski definition) is 3. The number of fused-ring (bicyclic) bond motifs is 3. The fourth-order valence-electron chi connectivity index (χ4n) is 3.53. The second kappa shape index (κ2) is 7.13. The molecule has 3 aromatic rings. The Morgan fingerprint density at radius 2 is 1.96 bits per heavy atom. The maximum atomic E-state index is 14.0. The first-order valence-electron chi connectivity index (χ1n) is 8.68. The Morgan fingerprint density at radius 3 is 2.78 bits per heavy atom. The summed E-state index contributed by atoms with van der Waals surface area (Å²) in [7, 11) is 0. The first-order chi connectivity index (χ1) is 13.1. The summed E-state index contributed by atoms with van der Waals surface area (Å²) in [6, 6.07) is 11.4. The second-order valence-corrected chi connectivity index (χ2v) is 6.83. The van der Waals surface area contributed by atoms with Gasteiger partial charge >= 0.3 is 0 Å². The highest BCUT2D eigenvalue weighted by molar-refractivity contribution is 6.48. The molecule has 0 saturated carbocycles. The predicted molar refractivity (Wildman–Crippen MR) is 103 cm³/mol. The van der Waals surface area contributed by atoms with Crippen molar-refractivity contribution in [3.8, 4) is 0 Å². The summed E-state index contributed by atoms with van der Waals surface area (Å²) in [6.45, 7) is 2.24. The van der Waals surface area contributed by atoms with Gasteiger partial charge in [-0.1, -0.05) is 29.8 Å². The molecule has 0 atom stereocenters. The van der Waals surface area contributed by atoms with Gasteiger partial charge in [0.15, 0.2) is 0 Å². The Kier molecular flexibility index (Phi) is 4.68. The van der Waals surface area contributed by atoms with Gasteiger partial charge in [0.05, 0.1) is 11.3 Å². The van der Waals surface area contributed by atoms with E-state index in [1.165, 1.54) is 12.1 Å². The van der Waals surface area contributed by atoms with Crippen molar-refractivity contribution < 1.29 is 14.0 Å².